The van der Waals surface area contributed by atoms with Gasteiger partial charge >= 0.3 is 0 Å². The number of carbonyl (C=O) groups excluding carboxylic acids is 1. The SMILES string of the molecule is CCCC1NC(CC)N(CC2(CC(C)C)CCCC2)C1=O. The smallest absolute Gasteiger partial charge is 0.241 e. The normalized spacial score (nSPS) is 28.8. The molecule has 3 heteroatoms. The third kappa shape index (κ3) is 3.80. The predicted octanol–water partition coefficient (Wildman–Crippen LogP) is 3.93. The molecule has 122 valence electrons. The molecule has 0 spiro atoms. The van der Waals surface area contributed by atoms with E-state index in [2.05, 4.69) is 37.9 Å². The van der Waals surface area contributed by atoms with E-state index in [-0.39, 0.29) is 12.2 Å². The summed E-state index contributed by atoms with van der Waals surface area (Å²) in [6, 6.07) is 0.0671. The van der Waals surface area contributed by atoms with Gasteiger partial charge in [0.1, 0.15) is 0 Å². The number of hydrogen-bond donors (Lipinski definition) is 1. The molecular formula is C18H34N2O. The number of nitrogens with zero attached hydrogens (tertiary/aromatic N) is 1. The van der Waals surface area contributed by atoms with Crippen LogP contribution in [0.4, 0.5) is 0 Å². The van der Waals surface area contributed by atoms with Gasteiger partial charge in [0.2, 0.25) is 5.91 Å². The van der Waals surface area contributed by atoms with E-state index < -0.39 is 0 Å². The van der Waals surface area contributed by atoms with Gasteiger partial charge < -0.3 is 4.90 Å². The van der Waals surface area contributed by atoms with Crippen LogP contribution in [0.1, 0.15) is 79.1 Å². The Kier molecular flexibility index (Phi) is 5.70. The minimum absolute atomic E-state index is 0.0671. The van der Waals surface area contributed by atoms with Gasteiger partial charge in [0.25, 0.3) is 0 Å². The molecule has 0 aromatic heterocycles. The highest BCUT2D eigenvalue weighted by Gasteiger charge is 2.43. The maximum absolute atomic E-state index is 12.7. The standard InChI is InChI=1S/C18H34N2O/c1-5-9-15-17(21)20(16(6-2)19-15)13-18(12-14(3)4)10-7-8-11-18/h14-16,19H,5-13H2,1-4H3. The summed E-state index contributed by atoms with van der Waals surface area (Å²) in [4.78, 5) is 14.9. The number of carbonyl (C=O) groups is 1. The Hall–Kier alpha value is -0.570. The van der Waals surface area contributed by atoms with E-state index in [1.165, 1.54) is 32.1 Å². The number of nitrogens with one attached hydrogen (secondary N) is 1. The summed E-state index contributed by atoms with van der Waals surface area (Å²) in [7, 11) is 0. The summed E-state index contributed by atoms with van der Waals surface area (Å²) in [5.41, 5.74) is 0.389. The Morgan fingerprint density at radius 3 is 2.48 bits per heavy atom. The largest absolute Gasteiger partial charge is 0.325 e. The lowest BCUT2D eigenvalue weighted by Gasteiger charge is -2.37. The molecule has 2 atom stereocenters. The summed E-state index contributed by atoms with van der Waals surface area (Å²) in [6.45, 7) is 9.98. The van der Waals surface area contributed by atoms with Crippen LogP contribution in [0, 0.1) is 11.3 Å². The minimum Gasteiger partial charge on any atom is -0.325 e. The monoisotopic (exact) mass is 294 g/mol. The number of hydrogen-bond acceptors (Lipinski definition) is 2. The fourth-order valence-corrected chi connectivity index (χ4v) is 4.55. The molecule has 2 aliphatic rings. The van der Waals surface area contributed by atoms with Crippen molar-refractivity contribution < 1.29 is 4.79 Å². The van der Waals surface area contributed by atoms with Crippen LogP contribution in [0.3, 0.4) is 0 Å². The molecule has 1 saturated heterocycles. The number of rotatable bonds is 7. The highest BCUT2D eigenvalue weighted by Crippen LogP contribution is 2.44. The van der Waals surface area contributed by atoms with E-state index in [0.717, 1.165) is 31.7 Å². The first-order valence-corrected chi connectivity index (χ1v) is 9.08. The summed E-state index contributed by atoms with van der Waals surface area (Å²) < 4.78 is 0. The molecular weight excluding hydrogens is 260 g/mol. The molecule has 3 nitrogen and oxygen atoms in total. The fraction of sp³-hybridized carbons (Fsp3) is 0.944. The van der Waals surface area contributed by atoms with Gasteiger partial charge in [0.15, 0.2) is 0 Å². The van der Waals surface area contributed by atoms with Crippen molar-refractivity contribution in [3.63, 3.8) is 0 Å². The molecule has 1 saturated carbocycles. The van der Waals surface area contributed by atoms with Crippen molar-refractivity contribution in [2.75, 3.05) is 6.54 Å². The molecule has 0 radical (unpaired) electrons. The van der Waals surface area contributed by atoms with Crippen molar-refractivity contribution in [1.82, 2.24) is 10.2 Å². The van der Waals surface area contributed by atoms with Crippen molar-refractivity contribution in [3.05, 3.63) is 0 Å². The van der Waals surface area contributed by atoms with Gasteiger partial charge in [-0.3, -0.25) is 10.1 Å². The van der Waals surface area contributed by atoms with Gasteiger partial charge in [-0.25, -0.2) is 0 Å². The second-order valence-corrected chi connectivity index (χ2v) is 7.70. The van der Waals surface area contributed by atoms with Gasteiger partial charge in [-0.2, -0.15) is 0 Å². The van der Waals surface area contributed by atoms with Crippen LogP contribution in [0.15, 0.2) is 0 Å². The highest BCUT2D eigenvalue weighted by atomic mass is 16.2. The highest BCUT2D eigenvalue weighted by molar-refractivity contribution is 5.84. The summed E-state index contributed by atoms with van der Waals surface area (Å²) in [6.07, 6.45) is 9.91. The van der Waals surface area contributed by atoms with Crippen molar-refractivity contribution in [2.24, 2.45) is 11.3 Å². The maximum atomic E-state index is 12.7. The lowest BCUT2D eigenvalue weighted by molar-refractivity contribution is -0.132. The first-order chi connectivity index (χ1) is 10.0. The lowest BCUT2D eigenvalue weighted by Crippen LogP contribution is -2.44. The van der Waals surface area contributed by atoms with Gasteiger partial charge in [0.05, 0.1) is 12.2 Å². The Bertz CT molecular complexity index is 347. The second kappa shape index (κ2) is 7.13. The van der Waals surface area contributed by atoms with Gasteiger partial charge in [0, 0.05) is 6.54 Å². The molecule has 0 aromatic carbocycles. The van der Waals surface area contributed by atoms with Crippen LogP contribution >= 0.6 is 0 Å². The molecule has 2 rings (SSSR count). The molecule has 2 unspecified atom stereocenters. The van der Waals surface area contributed by atoms with Gasteiger partial charge in [-0.1, -0.05) is 47.0 Å². The van der Waals surface area contributed by atoms with Gasteiger partial charge in [-0.15, -0.1) is 0 Å². The predicted molar refractivity (Wildman–Crippen MR) is 88.0 cm³/mol. The van der Waals surface area contributed by atoms with Gasteiger partial charge in [-0.05, 0) is 43.4 Å². The van der Waals surface area contributed by atoms with Crippen LogP contribution in [0.2, 0.25) is 0 Å². The lowest BCUT2D eigenvalue weighted by atomic mass is 9.78. The molecule has 1 aliphatic heterocycles. The second-order valence-electron chi connectivity index (χ2n) is 7.70. The third-order valence-corrected chi connectivity index (χ3v) is 5.33. The molecule has 1 N–H and O–H groups in total. The van der Waals surface area contributed by atoms with E-state index in [9.17, 15) is 4.79 Å². The average molecular weight is 294 g/mol. The molecule has 1 amide bonds. The van der Waals surface area contributed by atoms with E-state index in [4.69, 9.17) is 0 Å². The molecule has 1 heterocycles. The quantitative estimate of drug-likeness (QED) is 0.771. The summed E-state index contributed by atoms with van der Waals surface area (Å²) in [5.74, 6) is 1.08. The summed E-state index contributed by atoms with van der Waals surface area (Å²) in [5, 5.41) is 3.56. The van der Waals surface area contributed by atoms with Crippen molar-refractivity contribution in [3.8, 4) is 0 Å². The Balaban J connectivity index is 2.09. The van der Waals surface area contributed by atoms with E-state index in [0.29, 0.717) is 11.3 Å². The first kappa shape index (κ1) is 16.8. The van der Waals surface area contributed by atoms with Crippen LogP contribution in [-0.2, 0) is 4.79 Å². The average Bonchev–Trinajstić information content (AvgIpc) is 2.98. The zero-order chi connectivity index (χ0) is 15.5. The molecule has 0 aromatic rings. The Morgan fingerprint density at radius 2 is 1.95 bits per heavy atom. The van der Waals surface area contributed by atoms with E-state index in [1.807, 2.05) is 0 Å². The van der Waals surface area contributed by atoms with Crippen molar-refractivity contribution in [2.45, 2.75) is 91.3 Å². The van der Waals surface area contributed by atoms with Crippen LogP contribution < -0.4 is 5.32 Å². The van der Waals surface area contributed by atoms with Crippen LogP contribution in [-0.4, -0.2) is 29.6 Å². The molecule has 0 bridgehead atoms. The number of amides is 1. The molecule has 1 aliphatic carbocycles. The molecule has 21 heavy (non-hydrogen) atoms. The Labute approximate surface area is 130 Å². The van der Waals surface area contributed by atoms with Crippen LogP contribution in [0.5, 0.6) is 0 Å². The van der Waals surface area contributed by atoms with Crippen molar-refractivity contribution in [1.29, 1.82) is 0 Å². The van der Waals surface area contributed by atoms with Crippen molar-refractivity contribution >= 4 is 5.91 Å². The minimum atomic E-state index is 0.0671. The zero-order valence-corrected chi connectivity index (χ0v) is 14.5. The van der Waals surface area contributed by atoms with Crippen LogP contribution in [0.25, 0.3) is 0 Å². The zero-order valence-electron chi connectivity index (χ0n) is 14.5. The fourth-order valence-electron chi connectivity index (χ4n) is 4.55. The Morgan fingerprint density at radius 1 is 1.29 bits per heavy atom. The summed E-state index contributed by atoms with van der Waals surface area (Å²) >= 11 is 0. The van der Waals surface area contributed by atoms with E-state index in [1.54, 1.807) is 0 Å². The maximum Gasteiger partial charge on any atom is 0.241 e. The third-order valence-electron chi connectivity index (χ3n) is 5.33. The molecule has 2 fully saturated rings. The van der Waals surface area contributed by atoms with E-state index >= 15 is 0 Å². The first-order valence-electron chi connectivity index (χ1n) is 9.08. The topological polar surface area (TPSA) is 32.3 Å².